The van der Waals surface area contributed by atoms with Crippen LogP contribution in [0.3, 0.4) is 0 Å². The molecule has 0 aliphatic carbocycles. The first-order valence-corrected chi connectivity index (χ1v) is 8.56. The van der Waals surface area contributed by atoms with E-state index >= 15 is 0 Å². The Morgan fingerprint density at radius 1 is 1.38 bits per heavy atom. The number of carboxylic acids is 1. The van der Waals surface area contributed by atoms with Crippen molar-refractivity contribution in [3.05, 3.63) is 39.4 Å². The zero-order valence-electron chi connectivity index (χ0n) is 14.9. The van der Waals surface area contributed by atoms with Gasteiger partial charge in [0.1, 0.15) is 5.82 Å². The van der Waals surface area contributed by atoms with Gasteiger partial charge in [0.05, 0.1) is 22.2 Å². The van der Waals surface area contributed by atoms with E-state index in [4.69, 9.17) is 4.74 Å². The lowest BCUT2D eigenvalue weighted by Crippen LogP contribution is -2.33. The van der Waals surface area contributed by atoms with Gasteiger partial charge in [-0.05, 0) is 51.3 Å². The fourth-order valence-electron chi connectivity index (χ4n) is 3.78. The second-order valence-electron chi connectivity index (χ2n) is 7.46. The fourth-order valence-corrected chi connectivity index (χ4v) is 3.78. The van der Waals surface area contributed by atoms with Crippen LogP contribution in [0.5, 0.6) is 0 Å². The monoisotopic (exact) mass is 356 g/mol. The highest BCUT2D eigenvalue weighted by Gasteiger charge is 2.33. The van der Waals surface area contributed by atoms with Gasteiger partial charge in [0.2, 0.25) is 5.65 Å². The maximum atomic E-state index is 12.4. The predicted molar refractivity (Wildman–Crippen MR) is 94.8 cm³/mol. The summed E-state index contributed by atoms with van der Waals surface area (Å²) in [7, 11) is 0. The van der Waals surface area contributed by atoms with Gasteiger partial charge >= 0.3 is 5.97 Å². The van der Waals surface area contributed by atoms with Crippen molar-refractivity contribution in [1.29, 1.82) is 0 Å². The molecule has 3 aromatic rings. The smallest absolute Gasteiger partial charge is 0.336 e. The van der Waals surface area contributed by atoms with Crippen molar-refractivity contribution in [2.45, 2.75) is 45.1 Å². The summed E-state index contributed by atoms with van der Waals surface area (Å²) in [6, 6.07) is 3.25. The fraction of sp³-hybridized carbons (Fsp3) is 0.444. The van der Waals surface area contributed by atoms with Crippen LogP contribution in [-0.2, 0) is 4.74 Å². The summed E-state index contributed by atoms with van der Waals surface area (Å²) in [5.74, 6) is -0.200. The lowest BCUT2D eigenvalue weighted by molar-refractivity contribution is -0.0603. The van der Waals surface area contributed by atoms with E-state index < -0.39 is 5.97 Å². The molecule has 4 rings (SSSR count). The minimum Gasteiger partial charge on any atom is -0.478 e. The molecule has 1 unspecified atom stereocenters. The number of aryl methyl sites for hydroxylation is 1. The molecular weight excluding hydrogens is 336 g/mol. The number of fused-ring (bicyclic) bond motifs is 3. The van der Waals surface area contributed by atoms with Crippen LogP contribution in [0.25, 0.3) is 16.7 Å². The molecule has 0 bridgehead atoms. The average Bonchev–Trinajstić information content (AvgIpc) is 3.00. The molecule has 1 aliphatic heterocycles. The van der Waals surface area contributed by atoms with Crippen LogP contribution in [0.4, 0.5) is 0 Å². The number of rotatable bonds is 2. The molecular formula is C18H20N4O4. The first-order valence-electron chi connectivity index (χ1n) is 8.56. The molecule has 1 atom stereocenters. The highest BCUT2D eigenvalue weighted by Crippen LogP contribution is 2.35. The maximum absolute atomic E-state index is 12.4. The lowest BCUT2D eigenvalue weighted by Gasteiger charge is -2.34. The molecule has 1 saturated heterocycles. The van der Waals surface area contributed by atoms with E-state index in [-0.39, 0.29) is 28.3 Å². The Labute approximate surface area is 148 Å². The molecule has 3 heterocycles. The van der Waals surface area contributed by atoms with Crippen molar-refractivity contribution in [2.75, 3.05) is 6.61 Å². The topological polar surface area (TPSA) is 110 Å². The molecule has 8 heteroatoms. The summed E-state index contributed by atoms with van der Waals surface area (Å²) in [6.45, 7) is 6.44. The van der Waals surface area contributed by atoms with E-state index in [1.54, 1.807) is 17.4 Å². The molecule has 0 spiro atoms. The van der Waals surface area contributed by atoms with Crippen molar-refractivity contribution in [3.63, 3.8) is 0 Å². The first-order chi connectivity index (χ1) is 12.3. The Bertz CT molecular complexity index is 1100. The van der Waals surface area contributed by atoms with E-state index in [9.17, 15) is 14.7 Å². The molecule has 0 amide bonds. The van der Waals surface area contributed by atoms with Crippen LogP contribution in [0.2, 0.25) is 0 Å². The molecule has 0 saturated carbocycles. The van der Waals surface area contributed by atoms with Crippen molar-refractivity contribution in [1.82, 2.24) is 19.6 Å². The van der Waals surface area contributed by atoms with Crippen LogP contribution in [0, 0.1) is 6.92 Å². The molecule has 1 aromatic carbocycles. The normalized spacial score (nSPS) is 19.9. The summed E-state index contributed by atoms with van der Waals surface area (Å²) < 4.78 is 7.55. The number of carbonyl (C=O) groups is 1. The van der Waals surface area contributed by atoms with Gasteiger partial charge in [0.25, 0.3) is 5.56 Å². The Morgan fingerprint density at radius 2 is 2.15 bits per heavy atom. The van der Waals surface area contributed by atoms with E-state index in [1.165, 1.54) is 6.07 Å². The quantitative estimate of drug-likeness (QED) is 0.729. The van der Waals surface area contributed by atoms with Crippen LogP contribution < -0.4 is 5.56 Å². The lowest BCUT2D eigenvalue weighted by atomic mass is 9.88. The number of nitrogens with one attached hydrogen (secondary N) is 1. The molecule has 2 aromatic heterocycles. The average molecular weight is 356 g/mol. The van der Waals surface area contributed by atoms with E-state index in [0.29, 0.717) is 23.2 Å². The number of H-pyrrole nitrogens is 1. The number of carboxylic acid groups (broad SMARTS) is 1. The SMILES string of the molecule is Cc1cc2c(cc1C(=O)O)[nH]c(=O)c1nnc(C3CCOC(C)(C)C3)n12. The third kappa shape index (κ3) is 2.57. The van der Waals surface area contributed by atoms with Gasteiger partial charge in [-0.15, -0.1) is 10.2 Å². The second-order valence-corrected chi connectivity index (χ2v) is 7.46. The van der Waals surface area contributed by atoms with Crippen LogP contribution in [0.15, 0.2) is 16.9 Å². The highest BCUT2D eigenvalue weighted by atomic mass is 16.5. The van der Waals surface area contributed by atoms with Crippen molar-refractivity contribution >= 4 is 22.6 Å². The van der Waals surface area contributed by atoms with Crippen LogP contribution >= 0.6 is 0 Å². The maximum Gasteiger partial charge on any atom is 0.336 e. The van der Waals surface area contributed by atoms with Gasteiger partial charge in [-0.3, -0.25) is 9.20 Å². The molecule has 136 valence electrons. The third-order valence-electron chi connectivity index (χ3n) is 5.02. The van der Waals surface area contributed by atoms with Crippen LogP contribution in [-0.4, -0.2) is 42.9 Å². The molecule has 1 fully saturated rings. The molecule has 1 aliphatic rings. The predicted octanol–water partition coefficient (Wildman–Crippen LogP) is 2.25. The number of aromatic nitrogens is 4. The summed E-state index contributed by atoms with van der Waals surface area (Å²) >= 11 is 0. The summed E-state index contributed by atoms with van der Waals surface area (Å²) in [4.78, 5) is 26.6. The largest absolute Gasteiger partial charge is 0.478 e. The van der Waals surface area contributed by atoms with Gasteiger partial charge in [0, 0.05) is 12.5 Å². The number of aromatic amines is 1. The Kier molecular flexibility index (Phi) is 3.62. The zero-order chi connectivity index (χ0) is 18.6. The van der Waals surface area contributed by atoms with Crippen molar-refractivity contribution in [2.24, 2.45) is 0 Å². The molecule has 8 nitrogen and oxygen atoms in total. The van der Waals surface area contributed by atoms with Gasteiger partial charge in [0.15, 0.2) is 0 Å². The summed E-state index contributed by atoms with van der Waals surface area (Å²) in [5, 5.41) is 17.7. The van der Waals surface area contributed by atoms with Gasteiger partial charge in [-0.1, -0.05) is 0 Å². The number of nitrogens with zero attached hydrogens (tertiary/aromatic N) is 3. The van der Waals surface area contributed by atoms with E-state index in [2.05, 4.69) is 15.2 Å². The number of aromatic carboxylic acids is 1. The minimum atomic E-state index is -1.03. The molecule has 0 radical (unpaired) electrons. The van der Waals surface area contributed by atoms with Crippen molar-refractivity contribution < 1.29 is 14.6 Å². The number of benzene rings is 1. The van der Waals surface area contributed by atoms with Gasteiger partial charge in [-0.25, -0.2) is 4.79 Å². The zero-order valence-corrected chi connectivity index (χ0v) is 14.9. The van der Waals surface area contributed by atoms with Crippen molar-refractivity contribution in [3.8, 4) is 0 Å². The van der Waals surface area contributed by atoms with E-state index in [1.807, 2.05) is 13.8 Å². The summed E-state index contributed by atoms with van der Waals surface area (Å²) in [6.07, 6.45) is 1.57. The molecule has 26 heavy (non-hydrogen) atoms. The number of ether oxygens (including phenoxy) is 1. The summed E-state index contributed by atoms with van der Waals surface area (Å²) in [5.41, 5.74) is 1.50. The standard InChI is InChI=1S/C18H20N4O4/c1-9-6-13-12(7-11(9)17(24)25)19-16(23)15-21-20-14(22(13)15)10-4-5-26-18(2,3)8-10/h6-7,10H,4-5,8H2,1-3H3,(H,19,23)(H,24,25). The third-order valence-corrected chi connectivity index (χ3v) is 5.02. The first kappa shape index (κ1) is 16.7. The van der Waals surface area contributed by atoms with E-state index in [0.717, 1.165) is 18.7 Å². The minimum absolute atomic E-state index is 0.109. The Hall–Kier alpha value is -2.74. The second kappa shape index (κ2) is 5.63. The van der Waals surface area contributed by atoms with Crippen LogP contribution in [0.1, 0.15) is 54.4 Å². The molecule has 2 N–H and O–H groups in total. The number of hydrogen-bond donors (Lipinski definition) is 2. The highest BCUT2D eigenvalue weighted by molar-refractivity contribution is 5.94. The number of hydrogen-bond acceptors (Lipinski definition) is 5. The van der Waals surface area contributed by atoms with Gasteiger partial charge in [-0.2, -0.15) is 0 Å². The Balaban J connectivity index is 2.00. The Morgan fingerprint density at radius 3 is 2.85 bits per heavy atom. The van der Waals surface area contributed by atoms with Gasteiger partial charge < -0.3 is 14.8 Å².